The zero-order chi connectivity index (χ0) is 14.5. The highest BCUT2D eigenvalue weighted by atomic mass is 16.6. The van der Waals surface area contributed by atoms with Crippen LogP contribution in [0.1, 0.15) is 22.2 Å². The van der Waals surface area contributed by atoms with Crippen molar-refractivity contribution in [3.63, 3.8) is 0 Å². The predicted octanol–water partition coefficient (Wildman–Crippen LogP) is 1.65. The van der Waals surface area contributed by atoms with Crippen molar-refractivity contribution in [1.82, 2.24) is 5.32 Å². The summed E-state index contributed by atoms with van der Waals surface area (Å²) in [6, 6.07) is 8.58. The van der Waals surface area contributed by atoms with Gasteiger partial charge in [0.05, 0.1) is 17.3 Å². The molecule has 2 aromatic rings. The molecule has 1 amide bonds. The van der Waals surface area contributed by atoms with Crippen LogP contribution in [-0.4, -0.2) is 22.5 Å². The standard InChI is InChI=1S/C13H12N2O5/c16-11(8-14-13(17)12-2-1-7-20-12)9-3-5-10(6-4-9)15(18)19/h1-7,11,16H,8H2,(H,14,17). The first kappa shape index (κ1) is 13.8. The molecule has 2 rings (SSSR count). The SMILES string of the molecule is O=C(NCC(O)c1ccc([N+](=O)[O-])cc1)c1ccco1. The van der Waals surface area contributed by atoms with E-state index < -0.39 is 16.9 Å². The number of non-ortho nitro benzene ring substituents is 1. The van der Waals surface area contributed by atoms with E-state index in [2.05, 4.69) is 5.32 Å². The molecule has 7 nitrogen and oxygen atoms in total. The van der Waals surface area contributed by atoms with Crippen LogP contribution in [-0.2, 0) is 0 Å². The second-order valence-electron chi connectivity index (χ2n) is 4.05. The smallest absolute Gasteiger partial charge is 0.287 e. The summed E-state index contributed by atoms with van der Waals surface area (Å²) in [6.07, 6.45) is 0.427. The first-order valence-corrected chi connectivity index (χ1v) is 5.82. The molecule has 20 heavy (non-hydrogen) atoms. The third-order valence-electron chi connectivity index (χ3n) is 2.69. The van der Waals surface area contributed by atoms with Crippen LogP contribution >= 0.6 is 0 Å². The van der Waals surface area contributed by atoms with Gasteiger partial charge in [-0.3, -0.25) is 14.9 Å². The summed E-state index contributed by atoms with van der Waals surface area (Å²) in [6.45, 7) is -0.0165. The Balaban J connectivity index is 1.93. The largest absolute Gasteiger partial charge is 0.459 e. The van der Waals surface area contributed by atoms with Gasteiger partial charge in [-0.25, -0.2) is 0 Å². The van der Waals surface area contributed by atoms with Crippen molar-refractivity contribution in [2.45, 2.75) is 6.10 Å². The molecule has 2 N–H and O–H groups in total. The maximum absolute atomic E-state index is 11.6. The number of furan rings is 1. The van der Waals surface area contributed by atoms with Gasteiger partial charge < -0.3 is 14.8 Å². The number of amides is 1. The molecule has 0 saturated heterocycles. The highest BCUT2D eigenvalue weighted by Gasteiger charge is 2.13. The Bertz CT molecular complexity index is 592. The molecule has 0 aliphatic rings. The minimum absolute atomic E-state index is 0.0165. The monoisotopic (exact) mass is 276 g/mol. The number of carbonyl (C=O) groups excluding carboxylic acids is 1. The fourth-order valence-corrected chi connectivity index (χ4v) is 1.62. The second kappa shape index (κ2) is 5.98. The van der Waals surface area contributed by atoms with E-state index in [0.29, 0.717) is 5.56 Å². The first-order valence-electron chi connectivity index (χ1n) is 5.82. The van der Waals surface area contributed by atoms with E-state index in [1.54, 1.807) is 6.07 Å². The molecular formula is C13H12N2O5. The van der Waals surface area contributed by atoms with E-state index in [-0.39, 0.29) is 18.0 Å². The molecule has 0 radical (unpaired) electrons. The summed E-state index contributed by atoms with van der Waals surface area (Å²) in [5.74, 6) is -0.281. The Morgan fingerprint density at radius 3 is 2.60 bits per heavy atom. The molecule has 0 saturated carbocycles. The quantitative estimate of drug-likeness (QED) is 0.638. The third kappa shape index (κ3) is 3.21. The summed E-state index contributed by atoms with van der Waals surface area (Å²) in [4.78, 5) is 21.6. The Morgan fingerprint density at radius 2 is 2.05 bits per heavy atom. The van der Waals surface area contributed by atoms with Crippen molar-refractivity contribution in [3.05, 3.63) is 64.1 Å². The summed E-state index contributed by atoms with van der Waals surface area (Å²) in [7, 11) is 0. The van der Waals surface area contributed by atoms with E-state index in [9.17, 15) is 20.0 Å². The number of hydrogen-bond donors (Lipinski definition) is 2. The van der Waals surface area contributed by atoms with Crippen molar-refractivity contribution in [1.29, 1.82) is 0 Å². The molecule has 1 atom stereocenters. The van der Waals surface area contributed by atoms with Gasteiger partial charge in [0.25, 0.3) is 11.6 Å². The summed E-state index contributed by atoms with van der Waals surface area (Å²) >= 11 is 0. The molecule has 0 aliphatic carbocycles. The number of nitro benzene ring substituents is 1. The lowest BCUT2D eigenvalue weighted by Gasteiger charge is -2.11. The zero-order valence-corrected chi connectivity index (χ0v) is 10.4. The van der Waals surface area contributed by atoms with Crippen LogP contribution in [0.25, 0.3) is 0 Å². The van der Waals surface area contributed by atoms with Crippen LogP contribution in [0.5, 0.6) is 0 Å². The average molecular weight is 276 g/mol. The molecular weight excluding hydrogens is 264 g/mol. The normalized spacial score (nSPS) is 11.8. The summed E-state index contributed by atoms with van der Waals surface area (Å²) in [5.41, 5.74) is 0.427. The van der Waals surface area contributed by atoms with Gasteiger partial charge in [-0.15, -0.1) is 0 Å². The maximum atomic E-state index is 11.6. The average Bonchev–Trinajstić information content (AvgIpc) is 2.98. The second-order valence-corrected chi connectivity index (χ2v) is 4.05. The molecule has 1 heterocycles. The van der Waals surface area contributed by atoms with Crippen LogP contribution < -0.4 is 5.32 Å². The molecule has 1 aromatic carbocycles. The van der Waals surface area contributed by atoms with Gasteiger partial charge in [0.1, 0.15) is 0 Å². The number of rotatable bonds is 5. The fraction of sp³-hybridized carbons (Fsp3) is 0.154. The Kier molecular flexibility index (Phi) is 4.11. The molecule has 104 valence electrons. The van der Waals surface area contributed by atoms with Crippen molar-refractivity contribution in [2.24, 2.45) is 0 Å². The van der Waals surface area contributed by atoms with E-state index in [4.69, 9.17) is 4.42 Å². The van der Waals surface area contributed by atoms with Gasteiger partial charge in [0.15, 0.2) is 5.76 Å². The topological polar surface area (TPSA) is 106 Å². The molecule has 7 heteroatoms. The third-order valence-corrected chi connectivity index (χ3v) is 2.69. The van der Waals surface area contributed by atoms with Gasteiger partial charge in [-0.2, -0.15) is 0 Å². The number of benzene rings is 1. The highest BCUT2D eigenvalue weighted by molar-refractivity contribution is 5.91. The predicted molar refractivity (Wildman–Crippen MR) is 69.1 cm³/mol. The lowest BCUT2D eigenvalue weighted by atomic mass is 10.1. The Morgan fingerprint density at radius 1 is 1.35 bits per heavy atom. The molecule has 0 bridgehead atoms. The molecule has 0 fully saturated rings. The first-order chi connectivity index (χ1) is 9.58. The minimum Gasteiger partial charge on any atom is -0.459 e. The lowest BCUT2D eigenvalue weighted by Crippen LogP contribution is -2.28. The Labute approximate surface area is 114 Å². The number of nitrogens with zero attached hydrogens (tertiary/aromatic N) is 1. The number of aliphatic hydroxyl groups excluding tert-OH is 1. The number of nitrogens with one attached hydrogen (secondary N) is 1. The summed E-state index contributed by atoms with van der Waals surface area (Å²) in [5, 5.41) is 22.9. The molecule has 0 spiro atoms. The van der Waals surface area contributed by atoms with Crippen LogP contribution in [0.15, 0.2) is 47.1 Å². The number of aliphatic hydroxyl groups is 1. The number of nitro groups is 1. The molecule has 1 aromatic heterocycles. The lowest BCUT2D eigenvalue weighted by molar-refractivity contribution is -0.384. The van der Waals surface area contributed by atoms with Crippen LogP contribution in [0.2, 0.25) is 0 Å². The summed E-state index contributed by atoms with van der Waals surface area (Å²) < 4.78 is 4.91. The van der Waals surface area contributed by atoms with E-state index in [1.807, 2.05) is 0 Å². The van der Waals surface area contributed by atoms with Crippen molar-refractivity contribution < 1.29 is 19.2 Å². The molecule has 1 unspecified atom stereocenters. The van der Waals surface area contributed by atoms with Gasteiger partial charge in [0, 0.05) is 18.7 Å². The van der Waals surface area contributed by atoms with E-state index in [1.165, 1.54) is 36.6 Å². The van der Waals surface area contributed by atoms with Crippen LogP contribution in [0.3, 0.4) is 0 Å². The fourth-order valence-electron chi connectivity index (χ4n) is 1.62. The maximum Gasteiger partial charge on any atom is 0.287 e. The number of hydrogen-bond acceptors (Lipinski definition) is 5. The highest BCUT2D eigenvalue weighted by Crippen LogP contribution is 2.17. The van der Waals surface area contributed by atoms with Gasteiger partial charge >= 0.3 is 0 Å². The van der Waals surface area contributed by atoms with Crippen LogP contribution in [0, 0.1) is 10.1 Å². The van der Waals surface area contributed by atoms with E-state index >= 15 is 0 Å². The van der Waals surface area contributed by atoms with Crippen molar-refractivity contribution in [3.8, 4) is 0 Å². The number of carbonyl (C=O) groups is 1. The van der Waals surface area contributed by atoms with Gasteiger partial charge in [-0.05, 0) is 29.8 Å². The van der Waals surface area contributed by atoms with Gasteiger partial charge in [-0.1, -0.05) is 0 Å². The van der Waals surface area contributed by atoms with Gasteiger partial charge in [0.2, 0.25) is 0 Å². The van der Waals surface area contributed by atoms with Crippen LogP contribution in [0.4, 0.5) is 5.69 Å². The van der Waals surface area contributed by atoms with E-state index in [0.717, 1.165) is 0 Å². The minimum atomic E-state index is -0.949. The van der Waals surface area contributed by atoms with Crippen molar-refractivity contribution in [2.75, 3.05) is 6.54 Å². The molecule has 0 aliphatic heterocycles. The Hall–Kier alpha value is -2.67. The van der Waals surface area contributed by atoms with Crippen molar-refractivity contribution >= 4 is 11.6 Å². The zero-order valence-electron chi connectivity index (χ0n) is 10.4.